The van der Waals surface area contributed by atoms with E-state index >= 15 is 0 Å². The van der Waals surface area contributed by atoms with Crippen molar-refractivity contribution in [2.75, 3.05) is 19.6 Å². The summed E-state index contributed by atoms with van der Waals surface area (Å²) in [5.74, 6) is -0.241. The van der Waals surface area contributed by atoms with Crippen molar-refractivity contribution in [3.8, 4) is 5.75 Å². The number of pyridine rings is 1. The summed E-state index contributed by atoms with van der Waals surface area (Å²) in [6, 6.07) is 3.08. The molecule has 2 aromatic heterocycles. The van der Waals surface area contributed by atoms with E-state index in [9.17, 15) is 14.7 Å². The van der Waals surface area contributed by atoms with Crippen LogP contribution in [0.3, 0.4) is 0 Å². The average Bonchev–Trinajstić information content (AvgIpc) is 2.73. The van der Waals surface area contributed by atoms with Crippen molar-refractivity contribution < 1.29 is 14.7 Å². The van der Waals surface area contributed by atoms with E-state index in [1.807, 2.05) is 11.8 Å². The summed E-state index contributed by atoms with van der Waals surface area (Å²) in [7, 11) is 0. The molecule has 2 amide bonds. The van der Waals surface area contributed by atoms with E-state index in [0.717, 1.165) is 30.7 Å². The van der Waals surface area contributed by atoms with Gasteiger partial charge in [-0.1, -0.05) is 0 Å². The Balaban J connectivity index is 1.49. The van der Waals surface area contributed by atoms with Gasteiger partial charge in [0.15, 0.2) is 5.69 Å². The van der Waals surface area contributed by atoms with Gasteiger partial charge in [-0.05, 0) is 38.3 Å². The first-order valence-electron chi connectivity index (χ1n) is 9.94. The molecule has 8 nitrogen and oxygen atoms in total. The molecule has 29 heavy (non-hydrogen) atoms. The van der Waals surface area contributed by atoms with Gasteiger partial charge in [0.2, 0.25) is 5.91 Å². The number of carbonyl (C=O) groups excluding carboxylic acids is 2. The van der Waals surface area contributed by atoms with Crippen LogP contribution in [-0.4, -0.2) is 61.3 Å². The van der Waals surface area contributed by atoms with Gasteiger partial charge in [-0.2, -0.15) is 0 Å². The Morgan fingerprint density at radius 2 is 2.07 bits per heavy atom. The predicted molar refractivity (Wildman–Crippen MR) is 105 cm³/mol. The van der Waals surface area contributed by atoms with Gasteiger partial charge in [-0.15, -0.1) is 0 Å². The molecular formula is C21H25N5O3. The lowest BCUT2D eigenvalue weighted by Crippen LogP contribution is -2.55. The van der Waals surface area contributed by atoms with Crippen LogP contribution in [0.15, 0.2) is 30.7 Å². The third kappa shape index (κ3) is 4.06. The zero-order valence-electron chi connectivity index (χ0n) is 16.5. The third-order valence-electron chi connectivity index (χ3n) is 5.87. The highest BCUT2D eigenvalue weighted by atomic mass is 16.3. The predicted octanol–water partition coefficient (Wildman–Crippen LogP) is 1.93. The molecule has 0 radical (unpaired) electrons. The van der Waals surface area contributed by atoms with E-state index in [1.54, 1.807) is 23.4 Å². The van der Waals surface area contributed by atoms with Crippen molar-refractivity contribution in [1.82, 2.24) is 24.8 Å². The molecule has 0 aromatic carbocycles. The number of piperidine rings is 2. The van der Waals surface area contributed by atoms with Gasteiger partial charge in [0.1, 0.15) is 5.75 Å². The lowest BCUT2D eigenvalue weighted by molar-refractivity contribution is -0.139. The second kappa shape index (κ2) is 7.77. The molecule has 8 heteroatoms. The van der Waals surface area contributed by atoms with Crippen LogP contribution in [0.1, 0.15) is 47.6 Å². The summed E-state index contributed by atoms with van der Waals surface area (Å²) < 4.78 is 0. The topological polar surface area (TPSA) is 99.5 Å². The Morgan fingerprint density at radius 1 is 1.21 bits per heavy atom. The second-order valence-electron chi connectivity index (χ2n) is 8.10. The van der Waals surface area contributed by atoms with Gasteiger partial charge in [0.25, 0.3) is 5.91 Å². The highest BCUT2D eigenvalue weighted by Gasteiger charge is 2.43. The first-order chi connectivity index (χ1) is 14.0. The lowest BCUT2D eigenvalue weighted by Gasteiger charge is -2.48. The fourth-order valence-electron chi connectivity index (χ4n) is 4.37. The van der Waals surface area contributed by atoms with Crippen molar-refractivity contribution in [3.05, 3.63) is 47.8 Å². The Morgan fingerprint density at radius 3 is 2.83 bits per heavy atom. The minimum atomic E-state index is -0.255. The SMILES string of the molecule is Cc1cnc(CN2C[C@@]3(CCCN(C(=O)c4ncccc4O)C3)CCC2=O)cn1. The summed E-state index contributed by atoms with van der Waals surface area (Å²) in [6.07, 6.45) is 8.00. The van der Waals surface area contributed by atoms with Crippen LogP contribution in [0.5, 0.6) is 5.75 Å². The number of hydrogen-bond donors (Lipinski definition) is 1. The first-order valence-corrected chi connectivity index (χ1v) is 9.94. The van der Waals surface area contributed by atoms with E-state index in [1.165, 1.54) is 12.3 Å². The standard InChI is InChI=1S/C21H25N5O3/c1-15-10-24-16(11-23-15)12-26-14-21(7-5-18(26)28)6-3-9-25(13-21)20(29)19-17(27)4-2-8-22-19/h2,4,8,10-11,27H,3,5-7,9,12-14H2,1H3/t21-/m0/s1. The molecule has 4 rings (SSSR count). The number of likely N-dealkylation sites (tertiary alicyclic amines) is 2. The van der Waals surface area contributed by atoms with E-state index in [-0.39, 0.29) is 28.7 Å². The maximum absolute atomic E-state index is 12.9. The fraction of sp³-hybridized carbons (Fsp3) is 0.476. The van der Waals surface area contributed by atoms with E-state index in [4.69, 9.17) is 0 Å². The van der Waals surface area contributed by atoms with Crippen LogP contribution in [0, 0.1) is 12.3 Å². The first kappa shape index (κ1) is 19.3. The molecule has 2 saturated heterocycles. The Bertz CT molecular complexity index is 917. The van der Waals surface area contributed by atoms with Crippen molar-refractivity contribution in [1.29, 1.82) is 0 Å². The number of aryl methyl sites for hydroxylation is 1. The number of nitrogens with zero attached hydrogens (tertiary/aromatic N) is 5. The fourth-order valence-corrected chi connectivity index (χ4v) is 4.37. The third-order valence-corrected chi connectivity index (χ3v) is 5.87. The highest BCUT2D eigenvalue weighted by molar-refractivity contribution is 5.94. The van der Waals surface area contributed by atoms with Gasteiger partial charge in [-0.25, -0.2) is 4.98 Å². The second-order valence-corrected chi connectivity index (χ2v) is 8.10. The zero-order chi connectivity index (χ0) is 20.4. The summed E-state index contributed by atoms with van der Waals surface area (Å²) in [6.45, 7) is 4.10. The van der Waals surface area contributed by atoms with Crippen molar-refractivity contribution in [2.45, 2.75) is 39.2 Å². The number of rotatable bonds is 3. The minimum absolute atomic E-state index is 0.0863. The Hall–Kier alpha value is -3.03. The molecule has 4 heterocycles. The monoisotopic (exact) mass is 395 g/mol. The largest absolute Gasteiger partial charge is 0.505 e. The maximum atomic E-state index is 12.9. The number of carbonyl (C=O) groups is 2. The zero-order valence-corrected chi connectivity index (χ0v) is 16.5. The summed E-state index contributed by atoms with van der Waals surface area (Å²) in [4.78, 5) is 41.8. The van der Waals surface area contributed by atoms with Crippen LogP contribution in [-0.2, 0) is 11.3 Å². The Kier molecular flexibility index (Phi) is 5.17. The van der Waals surface area contributed by atoms with E-state index in [0.29, 0.717) is 32.6 Å². The van der Waals surface area contributed by atoms with Gasteiger partial charge in [0.05, 0.1) is 24.1 Å². The summed E-state index contributed by atoms with van der Waals surface area (Å²) >= 11 is 0. The van der Waals surface area contributed by atoms with Gasteiger partial charge in [0, 0.05) is 43.9 Å². The summed E-state index contributed by atoms with van der Waals surface area (Å²) in [5, 5.41) is 10.00. The molecule has 0 aliphatic carbocycles. The van der Waals surface area contributed by atoms with Crippen molar-refractivity contribution in [2.24, 2.45) is 5.41 Å². The number of hydrogen-bond acceptors (Lipinski definition) is 6. The molecule has 2 aliphatic rings. The minimum Gasteiger partial charge on any atom is -0.505 e. The number of amides is 2. The van der Waals surface area contributed by atoms with E-state index in [2.05, 4.69) is 15.0 Å². The van der Waals surface area contributed by atoms with Gasteiger partial charge in [-0.3, -0.25) is 19.6 Å². The highest BCUT2D eigenvalue weighted by Crippen LogP contribution is 2.39. The van der Waals surface area contributed by atoms with Crippen LogP contribution in [0.25, 0.3) is 0 Å². The van der Waals surface area contributed by atoms with E-state index < -0.39 is 0 Å². The molecule has 0 saturated carbocycles. The smallest absolute Gasteiger partial charge is 0.276 e. The van der Waals surface area contributed by atoms with Crippen molar-refractivity contribution in [3.63, 3.8) is 0 Å². The normalized spacial score (nSPS) is 22.2. The van der Waals surface area contributed by atoms with Gasteiger partial charge < -0.3 is 14.9 Å². The maximum Gasteiger partial charge on any atom is 0.276 e. The molecule has 1 spiro atoms. The van der Waals surface area contributed by atoms with Crippen molar-refractivity contribution >= 4 is 11.8 Å². The van der Waals surface area contributed by atoms with Gasteiger partial charge >= 0.3 is 0 Å². The molecule has 2 aliphatic heterocycles. The Labute approximate surface area is 169 Å². The average molecular weight is 395 g/mol. The van der Waals surface area contributed by atoms with Crippen LogP contribution >= 0.6 is 0 Å². The molecule has 0 bridgehead atoms. The molecular weight excluding hydrogens is 370 g/mol. The van der Waals surface area contributed by atoms with Crippen LogP contribution < -0.4 is 0 Å². The molecule has 0 unspecified atom stereocenters. The molecule has 2 fully saturated rings. The molecule has 152 valence electrons. The summed E-state index contributed by atoms with van der Waals surface area (Å²) in [5.41, 5.74) is 1.56. The van der Waals surface area contributed by atoms with Crippen LogP contribution in [0.2, 0.25) is 0 Å². The number of aromatic hydroxyl groups is 1. The molecule has 1 N–H and O–H groups in total. The molecule has 2 aromatic rings. The quantitative estimate of drug-likeness (QED) is 0.853. The van der Waals surface area contributed by atoms with Crippen LogP contribution in [0.4, 0.5) is 0 Å². The molecule has 1 atom stereocenters. The number of aromatic nitrogens is 3. The lowest BCUT2D eigenvalue weighted by atomic mass is 9.73.